The summed E-state index contributed by atoms with van der Waals surface area (Å²) in [5.74, 6) is 2.92. The molecule has 0 amide bonds. The van der Waals surface area contributed by atoms with E-state index in [-0.39, 0.29) is 17.8 Å². The molecule has 1 atom stereocenters. The minimum absolute atomic E-state index is 0.102. The summed E-state index contributed by atoms with van der Waals surface area (Å²) in [6.07, 6.45) is 3.85. The van der Waals surface area contributed by atoms with Crippen LogP contribution in [-0.2, 0) is 6.42 Å². The smallest absolute Gasteiger partial charge is 0.226 e. The van der Waals surface area contributed by atoms with E-state index in [0.29, 0.717) is 43.1 Å². The van der Waals surface area contributed by atoms with E-state index in [9.17, 15) is 4.39 Å². The number of halogens is 1. The Morgan fingerprint density at radius 2 is 2.13 bits per heavy atom. The van der Waals surface area contributed by atoms with E-state index in [4.69, 9.17) is 9.26 Å². The lowest BCUT2D eigenvalue weighted by Crippen LogP contribution is -2.38. The second-order valence-corrected chi connectivity index (χ2v) is 8.38. The summed E-state index contributed by atoms with van der Waals surface area (Å²) in [4.78, 5) is 9.01. The highest BCUT2D eigenvalue weighted by atomic mass is 19.1. The van der Waals surface area contributed by atoms with Crippen molar-refractivity contribution < 1.29 is 13.7 Å². The van der Waals surface area contributed by atoms with Crippen molar-refractivity contribution >= 4 is 5.96 Å². The Balaban J connectivity index is 1.50. The van der Waals surface area contributed by atoms with Crippen LogP contribution in [0.1, 0.15) is 76.2 Å². The van der Waals surface area contributed by atoms with Gasteiger partial charge in [0, 0.05) is 25.4 Å². The van der Waals surface area contributed by atoms with Gasteiger partial charge in [0.25, 0.3) is 0 Å². The molecule has 170 valence electrons. The minimum atomic E-state index is -0.325. The minimum Gasteiger partial charge on any atom is -0.490 e. The van der Waals surface area contributed by atoms with Crippen LogP contribution in [0.2, 0.25) is 0 Å². The quantitative estimate of drug-likeness (QED) is 0.312. The molecule has 7 nitrogen and oxygen atoms in total. The van der Waals surface area contributed by atoms with Crippen LogP contribution in [-0.4, -0.2) is 35.8 Å². The van der Waals surface area contributed by atoms with Crippen LogP contribution in [0.4, 0.5) is 4.39 Å². The molecule has 1 aliphatic rings. The third-order valence-corrected chi connectivity index (χ3v) is 5.14. The van der Waals surface area contributed by atoms with Gasteiger partial charge in [0.1, 0.15) is 0 Å². The van der Waals surface area contributed by atoms with E-state index >= 15 is 0 Å². The van der Waals surface area contributed by atoms with Gasteiger partial charge in [-0.3, -0.25) is 4.99 Å². The average molecular weight is 432 g/mol. The maximum atomic E-state index is 14.4. The summed E-state index contributed by atoms with van der Waals surface area (Å²) in [5, 5.41) is 10.6. The lowest BCUT2D eigenvalue weighted by atomic mass is 10.1. The molecule has 1 unspecified atom stereocenters. The fourth-order valence-corrected chi connectivity index (χ4v) is 3.03. The Morgan fingerprint density at radius 1 is 1.32 bits per heavy atom. The van der Waals surface area contributed by atoms with Crippen LogP contribution in [0, 0.1) is 11.7 Å². The molecule has 8 heteroatoms. The van der Waals surface area contributed by atoms with E-state index in [1.54, 1.807) is 6.07 Å². The van der Waals surface area contributed by atoms with Gasteiger partial charge < -0.3 is 19.9 Å². The summed E-state index contributed by atoms with van der Waals surface area (Å²) in [6, 6.07) is 5.04. The monoisotopic (exact) mass is 431 g/mol. The van der Waals surface area contributed by atoms with Crippen molar-refractivity contribution in [2.75, 3.05) is 19.7 Å². The number of guanidine groups is 1. The fourth-order valence-electron chi connectivity index (χ4n) is 3.03. The predicted octanol–water partition coefficient (Wildman–Crippen LogP) is 4.37. The average Bonchev–Trinajstić information content (AvgIpc) is 3.45. The van der Waals surface area contributed by atoms with Crippen molar-refractivity contribution in [1.29, 1.82) is 0 Å². The molecule has 1 aliphatic carbocycles. The van der Waals surface area contributed by atoms with Gasteiger partial charge >= 0.3 is 0 Å². The molecular weight excluding hydrogens is 397 g/mol. The first kappa shape index (κ1) is 23.0. The van der Waals surface area contributed by atoms with Crippen LogP contribution >= 0.6 is 0 Å². The Labute approximate surface area is 183 Å². The lowest BCUT2D eigenvalue weighted by molar-refractivity contribution is 0.285. The molecule has 0 aliphatic heterocycles. The molecule has 3 rings (SSSR count). The van der Waals surface area contributed by atoms with Gasteiger partial charge in [0.05, 0.1) is 12.6 Å². The SMILES string of the molecule is CCNC(=NCCCc1nc(C(C)C)no1)NC(C)c1ccc(OCC2CC2)c(F)c1. The highest BCUT2D eigenvalue weighted by molar-refractivity contribution is 5.80. The summed E-state index contributed by atoms with van der Waals surface area (Å²) in [7, 11) is 0. The molecule has 1 aromatic carbocycles. The number of ether oxygens (including phenoxy) is 1. The van der Waals surface area contributed by atoms with Crippen molar-refractivity contribution in [2.45, 2.75) is 65.3 Å². The number of aryl methyl sites for hydroxylation is 1. The van der Waals surface area contributed by atoms with E-state index in [1.807, 2.05) is 33.8 Å². The molecular formula is C23H34FN5O2. The van der Waals surface area contributed by atoms with Gasteiger partial charge in [-0.25, -0.2) is 4.39 Å². The first-order chi connectivity index (χ1) is 15.0. The molecule has 31 heavy (non-hydrogen) atoms. The van der Waals surface area contributed by atoms with Gasteiger partial charge in [-0.2, -0.15) is 4.98 Å². The molecule has 1 fully saturated rings. The number of nitrogens with one attached hydrogen (secondary N) is 2. The fraction of sp³-hybridized carbons (Fsp3) is 0.609. The normalized spacial score (nSPS) is 15.2. The van der Waals surface area contributed by atoms with Crippen LogP contribution in [0.25, 0.3) is 0 Å². The maximum absolute atomic E-state index is 14.4. The van der Waals surface area contributed by atoms with E-state index in [0.717, 1.165) is 24.4 Å². The zero-order chi connectivity index (χ0) is 22.2. The summed E-state index contributed by atoms with van der Waals surface area (Å²) >= 11 is 0. The highest BCUT2D eigenvalue weighted by Crippen LogP contribution is 2.30. The molecule has 2 N–H and O–H groups in total. The molecule has 0 spiro atoms. The van der Waals surface area contributed by atoms with Gasteiger partial charge in [0.2, 0.25) is 5.89 Å². The second kappa shape index (κ2) is 11.1. The highest BCUT2D eigenvalue weighted by Gasteiger charge is 2.22. The van der Waals surface area contributed by atoms with Gasteiger partial charge in [-0.1, -0.05) is 25.1 Å². The molecule has 1 heterocycles. The van der Waals surface area contributed by atoms with Gasteiger partial charge in [0.15, 0.2) is 23.4 Å². The number of aromatic nitrogens is 2. The van der Waals surface area contributed by atoms with Crippen LogP contribution in [0.3, 0.4) is 0 Å². The van der Waals surface area contributed by atoms with Gasteiger partial charge in [-0.15, -0.1) is 0 Å². The van der Waals surface area contributed by atoms with Crippen molar-refractivity contribution in [3.63, 3.8) is 0 Å². The number of hydrogen-bond donors (Lipinski definition) is 2. The Bertz CT molecular complexity index is 863. The number of rotatable bonds is 11. The second-order valence-electron chi connectivity index (χ2n) is 8.38. The number of nitrogens with zero attached hydrogens (tertiary/aromatic N) is 3. The standard InChI is InChI=1S/C23H34FN5O2/c1-5-25-23(26-12-6-7-21-28-22(15(2)3)29-31-21)27-16(4)18-10-11-20(19(24)13-18)30-14-17-8-9-17/h10-11,13,15-17H,5-9,12,14H2,1-4H3,(H2,25,26,27). The summed E-state index contributed by atoms with van der Waals surface area (Å²) in [5.41, 5.74) is 0.842. The zero-order valence-electron chi connectivity index (χ0n) is 18.9. The summed E-state index contributed by atoms with van der Waals surface area (Å²) in [6.45, 7) is 10.0. The van der Waals surface area contributed by atoms with Crippen molar-refractivity contribution in [2.24, 2.45) is 10.9 Å². The van der Waals surface area contributed by atoms with E-state index < -0.39 is 0 Å². The molecule has 0 radical (unpaired) electrons. The number of hydrogen-bond acceptors (Lipinski definition) is 5. The van der Waals surface area contributed by atoms with Crippen LogP contribution in [0.5, 0.6) is 5.75 Å². The largest absolute Gasteiger partial charge is 0.490 e. The van der Waals surface area contributed by atoms with Crippen molar-refractivity contribution in [3.8, 4) is 5.75 Å². The molecule has 0 bridgehead atoms. The molecule has 1 saturated carbocycles. The summed E-state index contributed by atoms with van der Waals surface area (Å²) < 4.78 is 25.3. The number of benzene rings is 1. The van der Waals surface area contributed by atoms with Crippen molar-refractivity contribution in [3.05, 3.63) is 41.3 Å². The molecule has 0 saturated heterocycles. The van der Waals surface area contributed by atoms with Crippen LogP contribution in [0.15, 0.2) is 27.7 Å². The lowest BCUT2D eigenvalue weighted by Gasteiger charge is -2.19. The van der Waals surface area contributed by atoms with Gasteiger partial charge in [-0.05, 0) is 56.7 Å². The molecule has 2 aromatic rings. The van der Waals surface area contributed by atoms with E-state index in [2.05, 4.69) is 25.8 Å². The maximum Gasteiger partial charge on any atom is 0.226 e. The van der Waals surface area contributed by atoms with Crippen molar-refractivity contribution in [1.82, 2.24) is 20.8 Å². The Kier molecular flexibility index (Phi) is 8.26. The topological polar surface area (TPSA) is 84.6 Å². The zero-order valence-corrected chi connectivity index (χ0v) is 18.9. The third-order valence-electron chi connectivity index (χ3n) is 5.14. The first-order valence-electron chi connectivity index (χ1n) is 11.3. The number of aliphatic imine (C=N–C) groups is 1. The molecule has 1 aromatic heterocycles. The Hall–Kier alpha value is -2.64. The first-order valence-corrected chi connectivity index (χ1v) is 11.3. The van der Waals surface area contributed by atoms with Crippen LogP contribution < -0.4 is 15.4 Å². The third kappa shape index (κ3) is 7.22. The predicted molar refractivity (Wildman–Crippen MR) is 119 cm³/mol. The van der Waals surface area contributed by atoms with E-state index in [1.165, 1.54) is 18.9 Å². The Morgan fingerprint density at radius 3 is 2.77 bits per heavy atom.